The third-order valence-electron chi connectivity index (χ3n) is 3.04. The van der Waals surface area contributed by atoms with E-state index in [2.05, 4.69) is 20.9 Å². The Labute approximate surface area is 133 Å². The Balaban J connectivity index is 2.30. The van der Waals surface area contributed by atoms with Crippen LogP contribution in [0.5, 0.6) is 5.75 Å². The molecule has 0 radical (unpaired) electrons. The minimum atomic E-state index is -0.632. The fourth-order valence-electron chi connectivity index (χ4n) is 2.03. The van der Waals surface area contributed by atoms with E-state index in [0.29, 0.717) is 16.7 Å². The maximum atomic E-state index is 11.6. The minimum absolute atomic E-state index is 0.0662. The SMILES string of the molecule is NC(=O)c1cc2ccc(O)cc2oc1=Nc1cccc(Br)c1. The number of nitrogens with two attached hydrogens (primary N) is 1. The number of phenols is 1. The quantitative estimate of drug-likeness (QED) is 0.736. The van der Waals surface area contributed by atoms with Crippen molar-refractivity contribution in [3.63, 3.8) is 0 Å². The van der Waals surface area contributed by atoms with E-state index in [1.165, 1.54) is 12.1 Å². The van der Waals surface area contributed by atoms with Gasteiger partial charge in [0.1, 0.15) is 16.9 Å². The Kier molecular flexibility index (Phi) is 3.68. The van der Waals surface area contributed by atoms with E-state index in [0.717, 1.165) is 4.47 Å². The molecule has 1 amide bonds. The first-order valence-electron chi connectivity index (χ1n) is 6.40. The molecule has 0 saturated heterocycles. The highest BCUT2D eigenvalue weighted by Crippen LogP contribution is 2.21. The number of benzene rings is 2. The van der Waals surface area contributed by atoms with Gasteiger partial charge in [-0.3, -0.25) is 4.79 Å². The molecule has 3 N–H and O–H groups in total. The summed E-state index contributed by atoms with van der Waals surface area (Å²) in [5.74, 6) is -0.566. The number of phenolic OH excluding ortho intramolecular Hbond substituents is 1. The third kappa shape index (κ3) is 2.87. The molecule has 3 aromatic rings. The summed E-state index contributed by atoms with van der Waals surface area (Å²) in [5, 5.41) is 10.2. The molecule has 0 fully saturated rings. The van der Waals surface area contributed by atoms with Gasteiger partial charge in [0.25, 0.3) is 5.91 Å². The van der Waals surface area contributed by atoms with Gasteiger partial charge in [0.15, 0.2) is 0 Å². The number of carbonyl (C=O) groups is 1. The van der Waals surface area contributed by atoms with E-state index in [1.807, 2.05) is 12.1 Å². The van der Waals surface area contributed by atoms with Gasteiger partial charge in [0.05, 0.1) is 5.69 Å². The summed E-state index contributed by atoms with van der Waals surface area (Å²) in [7, 11) is 0. The maximum Gasteiger partial charge on any atom is 0.254 e. The molecule has 0 atom stereocenters. The topological polar surface area (TPSA) is 88.8 Å². The van der Waals surface area contributed by atoms with Crippen LogP contribution < -0.4 is 11.3 Å². The lowest BCUT2D eigenvalue weighted by Gasteiger charge is -2.02. The molecule has 0 spiro atoms. The number of halogens is 1. The number of primary amides is 1. The minimum Gasteiger partial charge on any atom is -0.508 e. The lowest BCUT2D eigenvalue weighted by molar-refractivity contribution is 0.0996. The van der Waals surface area contributed by atoms with Gasteiger partial charge in [-0.25, -0.2) is 4.99 Å². The molecule has 0 aliphatic rings. The number of rotatable bonds is 2. The van der Waals surface area contributed by atoms with Crippen molar-refractivity contribution in [2.24, 2.45) is 10.7 Å². The van der Waals surface area contributed by atoms with Crippen LogP contribution in [-0.2, 0) is 0 Å². The van der Waals surface area contributed by atoms with Crippen LogP contribution in [0.3, 0.4) is 0 Å². The van der Waals surface area contributed by atoms with Crippen LogP contribution in [0.15, 0.2) is 62.4 Å². The maximum absolute atomic E-state index is 11.6. The molecule has 0 bridgehead atoms. The molecule has 3 rings (SSSR count). The second-order valence-corrected chi connectivity index (χ2v) is 5.56. The average Bonchev–Trinajstić information content (AvgIpc) is 2.46. The van der Waals surface area contributed by atoms with Crippen molar-refractivity contribution in [3.8, 4) is 5.75 Å². The Morgan fingerprint density at radius 2 is 2.00 bits per heavy atom. The monoisotopic (exact) mass is 358 g/mol. The van der Waals surface area contributed by atoms with Crippen LogP contribution in [0.2, 0.25) is 0 Å². The normalized spacial score (nSPS) is 11.8. The first-order chi connectivity index (χ1) is 10.5. The molecule has 1 heterocycles. The molecule has 0 aliphatic heterocycles. The van der Waals surface area contributed by atoms with E-state index >= 15 is 0 Å². The summed E-state index contributed by atoms with van der Waals surface area (Å²) in [6, 6.07) is 13.4. The molecule has 22 heavy (non-hydrogen) atoms. The summed E-state index contributed by atoms with van der Waals surface area (Å²) < 4.78 is 6.49. The number of carbonyl (C=O) groups excluding carboxylic acids is 1. The summed E-state index contributed by atoms with van der Waals surface area (Å²) in [6.45, 7) is 0. The molecule has 1 aromatic heterocycles. The van der Waals surface area contributed by atoms with Crippen molar-refractivity contribution in [1.29, 1.82) is 0 Å². The molecule has 6 heteroatoms. The van der Waals surface area contributed by atoms with Crippen LogP contribution in [-0.4, -0.2) is 11.0 Å². The number of hydrogen-bond donors (Lipinski definition) is 2. The molecule has 5 nitrogen and oxygen atoms in total. The van der Waals surface area contributed by atoms with Gasteiger partial charge >= 0.3 is 0 Å². The van der Waals surface area contributed by atoms with Gasteiger partial charge < -0.3 is 15.3 Å². The lowest BCUT2D eigenvalue weighted by Crippen LogP contribution is -2.21. The molecular weight excluding hydrogens is 348 g/mol. The number of fused-ring (bicyclic) bond motifs is 1. The van der Waals surface area contributed by atoms with E-state index in [-0.39, 0.29) is 16.9 Å². The summed E-state index contributed by atoms with van der Waals surface area (Å²) in [6.07, 6.45) is 0. The van der Waals surface area contributed by atoms with Gasteiger partial charge in [-0.05, 0) is 36.4 Å². The third-order valence-corrected chi connectivity index (χ3v) is 3.53. The fourth-order valence-corrected chi connectivity index (χ4v) is 2.42. The van der Waals surface area contributed by atoms with E-state index in [9.17, 15) is 9.90 Å². The molecule has 2 aromatic carbocycles. The van der Waals surface area contributed by atoms with E-state index in [1.54, 1.807) is 24.3 Å². The second-order valence-electron chi connectivity index (χ2n) is 4.64. The van der Waals surface area contributed by atoms with Crippen LogP contribution in [0.4, 0.5) is 5.69 Å². The standard InChI is InChI=1S/C16H11BrN2O3/c17-10-2-1-3-11(7-10)19-16-13(15(18)21)6-9-4-5-12(20)8-14(9)22-16/h1-8,20H,(H2,18,21). The Morgan fingerprint density at radius 3 is 2.73 bits per heavy atom. The van der Waals surface area contributed by atoms with E-state index < -0.39 is 5.91 Å². The Morgan fingerprint density at radius 1 is 1.18 bits per heavy atom. The Hall–Kier alpha value is -2.60. The van der Waals surface area contributed by atoms with E-state index in [4.69, 9.17) is 10.2 Å². The van der Waals surface area contributed by atoms with Crippen molar-refractivity contribution >= 4 is 38.5 Å². The number of amides is 1. The van der Waals surface area contributed by atoms with Crippen molar-refractivity contribution in [2.45, 2.75) is 0 Å². The highest BCUT2D eigenvalue weighted by molar-refractivity contribution is 9.10. The zero-order valence-electron chi connectivity index (χ0n) is 11.3. The molecular formula is C16H11BrN2O3. The lowest BCUT2D eigenvalue weighted by atomic mass is 10.1. The predicted molar refractivity (Wildman–Crippen MR) is 85.8 cm³/mol. The van der Waals surface area contributed by atoms with Gasteiger partial charge in [0, 0.05) is 15.9 Å². The van der Waals surface area contributed by atoms with Crippen molar-refractivity contribution < 1.29 is 14.3 Å². The van der Waals surface area contributed by atoms with Crippen molar-refractivity contribution in [1.82, 2.24) is 0 Å². The molecule has 110 valence electrons. The molecule has 0 unspecified atom stereocenters. The van der Waals surface area contributed by atoms with Crippen LogP contribution in [0.25, 0.3) is 11.0 Å². The largest absolute Gasteiger partial charge is 0.508 e. The Bertz CT molecular complexity index is 948. The summed E-state index contributed by atoms with van der Waals surface area (Å²) in [4.78, 5) is 16.0. The summed E-state index contributed by atoms with van der Waals surface area (Å²) in [5.41, 5.74) is 6.71. The van der Waals surface area contributed by atoms with Crippen molar-refractivity contribution in [2.75, 3.05) is 0 Å². The van der Waals surface area contributed by atoms with Gasteiger partial charge in [-0.15, -0.1) is 0 Å². The van der Waals surface area contributed by atoms with Crippen LogP contribution in [0, 0.1) is 0 Å². The molecule has 0 saturated carbocycles. The first-order valence-corrected chi connectivity index (χ1v) is 7.19. The van der Waals surface area contributed by atoms with Gasteiger partial charge in [-0.1, -0.05) is 22.0 Å². The van der Waals surface area contributed by atoms with Gasteiger partial charge in [0.2, 0.25) is 5.55 Å². The first kappa shape index (κ1) is 14.3. The van der Waals surface area contributed by atoms with Crippen LogP contribution >= 0.6 is 15.9 Å². The van der Waals surface area contributed by atoms with Gasteiger partial charge in [-0.2, -0.15) is 0 Å². The second kappa shape index (κ2) is 5.65. The van der Waals surface area contributed by atoms with Crippen molar-refractivity contribution in [3.05, 3.63) is 64.1 Å². The smallest absolute Gasteiger partial charge is 0.254 e. The average molecular weight is 359 g/mol. The highest BCUT2D eigenvalue weighted by atomic mass is 79.9. The summed E-state index contributed by atoms with van der Waals surface area (Å²) >= 11 is 3.36. The highest BCUT2D eigenvalue weighted by Gasteiger charge is 2.10. The van der Waals surface area contributed by atoms with Crippen LogP contribution in [0.1, 0.15) is 10.4 Å². The zero-order valence-corrected chi connectivity index (χ0v) is 12.9. The fraction of sp³-hybridized carbons (Fsp3) is 0. The molecule has 0 aliphatic carbocycles. The number of aromatic hydroxyl groups is 1. The number of hydrogen-bond acceptors (Lipinski definition) is 4. The predicted octanol–water partition coefficient (Wildman–Crippen LogP) is 3.23. The zero-order chi connectivity index (χ0) is 15.7. The number of nitrogens with zero attached hydrogens (tertiary/aromatic N) is 1.